The molecule has 1 aromatic carbocycles. The van der Waals surface area contributed by atoms with E-state index in [4.69, 9.17) is 9.72 Å². The van der Waals surface area contributed by atoms with Crippen LogP contribution in [0.25, 0.3) is 22.4 Å². The number of halogens is 3. The van der Waals surface area contributed by atoms with E-state index in [1.54, 1.807) is 24.1 Å². The van der Waals surface area contributed by atoms with E-state index in [1.165, 1.54) is 12.1 Å². The lowest BCUT2D eigenvalue weighted by atomic mass is 10.0. The van der Waals surface area contributed by atoms with E-state index >= 15 is 0 Å². The SMILES string of the molecule is CC.Cc1cc(F)ccc1-c1nc(N2CC(C(F)F)O[C@@H](c3cnn(C4CC4)c3)C2)nc2nc(C)c(C)nc12. The van der Waals surface area contributed by atoms with Crippen molar-refractivity contribution in [2.45, 2.75) is 72.1 Å². The summed E-state index contributed by atoms with van der Waals surface area (Å²) in [4.78, 5) is 20.4. The summed E-state index contributed by atoms with van der Waals surface area (Å²) in [5.74, 6) is -0.113. The Morgan fingerprint density at radius 1 is 0.974 bits per heavy atom. The molecule has 1 aliphatic heterocycles. The zero-order chi connectivity index (χ0) is 27.8. The summed E-state index contributed by atoms with van der Waals surface area (Å²) in [7, 11) is 0. The summed E-state index contributed by atoms with van der Waals surface area (Å²) >= 11 is 0. The van der Waals surface area contributed by atoms with Gasteiger partial charge in [-0.3, -0.25) is 4.68 Å². The van der Waals surface area contributed by atoms with Crippen LogP contribution in [0.15, 0.2) is 30.6 Å². The maximum absolute atomic E-state index is 14.0. The highest BCUT2D eigenvalue weighted by atomic mass is 19.3. The summed E-state index contributed by atoms with van der Waals surface area (Å²) in [5, 5.41) is 4.40. The van der Waals surface area contributed by atoms with Gasteiger partial charge in [-0.15, -0.1) is 0 Å². The third kappa shape index (κ3) is 5.45. The van der Waals surface area contributed by atoms with Crippen molar-refractivity contribution in [2.75, 3.05) is 18.0 Å². The van der Waals surface area contributed by atoms with Crippen LogP contribution < -0.4 is 4.90 Å². The normalized spacial score (nSPS) is 19.4. The molecule has 6 rings (SSSR count). The number of aryl methyl sites for hydroxylation is 3. The van der Waals surface area contributed by atoms with Gasteiger partial charge in [-0.2, -0.15) is 10.1 Å². The van der Waals surface area contributed by atoms with Crippen molar-refractivity contribution >= 4 is 17.1 Å². The van der Waals surface area contributed by atoms with Gasteiger partial charge in [0.15, 0.2) is 5.65 Å². The minimum absolute atomic E-state index is 0.0868. The van der Waals surface area contributed by atoms with E-state index in [0.29, 0.717) is 39.7 Å². The molecular weight excluding hydrogens is 507 g/mol. The lowest BCUT2D eigenvalue weighted by Gasteiger charge is -2.37. The predicted molar refractivity (Wildman–Crippen MR) is 142 cm³/mol. The second-order valence-corrected chi connectivity index (χ2v) is 9.79. The summed E-state index contributed by atoms with van der Waals surface area (Å²) in [6.45, 7) is 9.65. The Kier molecular flexibility index (Phi) is 7.53. The number of anilines is 1. The van der Waals surface area contributed by atoms with E-state index in [1.807, 2.05) is 38.6 Å². The first-order chi connectivity index (χ1) is 18.8. The van der Waals surface area contributed by atoms with Gasteiger partial charge in [0.05, 0.1) is 36.7 Å². The first-order valence-electron chi connectivity index (χ1n) is 13.3. The average molecular weight is 540 g/mol. The maximum atomic E-state index is 14.0. The molecule has 0 N–H and O–H groups in total. The number of morpholine rings is 1. The van der Waals surface area contributed by atoms with Crippen LogP contribution in [0.3, 0.4) is 0 Å². The molecule has 1 aliphatic carbocycles. The average Bonchev–Trinajstić information content (AvgIpc) is 3.66. The van der Waals surface area contributed by atoms with Crippen molar-refractivity contribution in [3.05, 3.63) is 58.9 Å². The molecular formula is C28H32F3N7O. The Hall–Kier alpha value is -3.60. The molecule has 0 spiro atoms. The zero-order valence-electron chi connectivity index (χ0n) is 22.7. The van der Waals surface area contributed by atoms with Crippen LogP contribution in [0.5, 0.6) is 0 Å². The van der Waals surface area contributed by atoms with Crippen LogP contribution in [0, 0.1) is 26.6 Å². The number of nitrogens with zero attached hydrogens (tertiary/aromatic N) is 7. The number of benzene rings is 1. The number of fused-ring (bicyclic) bond motifs is 1. The summed E-state index contributed by atoms with van der Waals surface area (Å²) < 4.78 is 49.5. The van der Waals surface area contributed by atoms with E-state index in [0.717, 1.165) is 24.1 Å². The minimum Gasteiger partial charge on any atom is -0.361 e. The molecule has 1 saturated heterocycles. The molecule has 206 valence electrons. The minimum atomic E-state index is -2.69. The van der Waals surface area contributed by atoms with Crippen molar-refractivity contribution < 1.29 is 17.9 Å². The Morgan fingerprint density at radius 3 is 2.41 bits per heavy atom. The van der Waals surface area contributed by atoms with Crippen LogP contribution in [0.4, 0.5) is 19.1 Å². The number of aromatic nitrogens is 6. The van der Waals surface area contributed by atoms with Crippen molar-refractivity contribution in [3.8, 4) is 11.3 Å². The quantitative estimate of drug-likeness (QED) is 0.311. The fourth-order valence-electron chi connectivity index (χ4n) is 4.66. The fourth-order valence-corrected chi connectivity index (χ4v) is 4.66. The Balaban J connectivity index is 0.00000151. The first-order valence-corrected chi connectivity index (χ1v) is 13.3. The highest BCUT2D eigenvalue weighted by Gasteiger charge is 2.37. The monoisotopic (exact) mass is 539 g/mol. The Morgan fingerprint density at radius 2 is 1.72 bits per heavy atom. The highest BCUT2D eigenvalue weighted by Crippen LogP contribution is 2.37. The Labute approximate surface area is 225 Å². The third-order valence-electron chi connectivity index (χ3n) is 6.98. The fraction of sp³-hybridized carbons (Fsp3) is 0.464. The van der Waals surface area contributed by atoms with Crippen LogP contribution >= 0.6 is 0 Å². The van der Waals surface area contributed by atoms with Gasteiger partial charge >= 0.3 is 0 Å². The largest absolute Gasteiger partial charge is 0.361 e. The molecule has 1 unspecified atom stereocenters. The molecule has 3 aromatic heterocycles. The third-order valence-corrected chi connectivity index (χ3v) is 6.98. The molecule has 8 nitrogen and oxygen atoms in total. The van der Waals surface area contributed by atoms with Gasteiger partial charge in [-0.05, 0) is 57.4 Å². The molecule has 11 heteroatoms. The summed E-state index contributed by atoms with van der Waals surface area (Å²) in [6, 6.07) is 4.80. The molecule has 0 bridgehead atoms. The van der Waals surface area contributed by atoms with Crippen molar-refractivity contribution in [1.82, 2.24) is 29.7 Å². The van der Waals surface area contributed by atoms with Crippen LogP contribution in [0.2, 0.25) is 0 Å². The van der Waals surface area contributed by atoms with Gasteiger partial charge in [0.25, 0.3) is 6.43 Å². The molecule has 4 heterocycles. The predicted octanol–water partition coefficient (Wildman–Crippen LogP) is 5.92. The molecule has 2 aliphatic rings. The van der Waals surface area contributed by atoms with Gasteiger partial charge in [0.1, 0.15) is 29.2 Å². The number of hydrogen-bond donors (Lipinski definition) is 0. The van der Waals surface area contributed by atoms with E-state index in [-0.39, 0.29) is 24.9 Å². The summed E-state index contributed by atoms with van der Waals surface area (Å²) in [5.41, 5.74) is 4.82. The molecule has 2 atom stereocenters. The molecule has 39 heavy (non-hydrogen) atoms. The molecule has 4 aromatic rings. The van der Waals surface area contributed by atoms with Crippen LogP contribution in [0.1, 0.15) is 61.3 Å². The van der Waals surface area contributed by atoms with E-state index in [9.17, 15) is 13.2 Å². The first kappa shape index (κ1) is 27.0. The maximum Gasteiger partial charge on any atom is 0.266 e. The van der Waals surface area contributed by atoms with Gasteiger partial charge in [0.2, 0.25) is 5.95 Å². The molecule has 0 radical (unpaired) electrons. The van der Waals surface area contributed by atoms with E-state index < -0.39 is 18.6 Å². The topological polar surface area (TPSA) is 81.9 Å². The number of ether oxygens (including phenoxy) is 1. The van der Waals surface area contributed by atoms with Crippen molar-refractivity contribution in [1.29, 1.82) is 0 Å². The van der Waals surface area contributed by atoms with Crippen LogP contribution in [-0.2, 0) is 4.74 Å². The lowest BCUT2D eigenvalue weighted by Crippen LogP contribution is -2.47. The smallest absolute Gasteiger partial charge is 0.266 e. The van der Waals surface area contributed by atoms with Gasteiger partial charge in [0, 0.05) is 17.3 Å². The molecule has 0 amide bonds. The number of rotatable bonds is 5. The van der Waals surface area contributed by atoms with Crippen molar-refractivity contribution in [3.63, 3.8) is 0 Å². The van der Waals surface area contributed by atoms with E-state index in [2.05, 4.69) is 20.1 Å². The number of alkyl halides is 2. The Bertz CT molecular complexity index is 1490. The lowest BCUT2D eigenvalue weighted by molar-refractivity contribution is -0.102. The van der Waals surface area contributed by atoms with Gasteiger partial charge < -0.3 is 9.64 Å². The molecule has 1 saturated carbocycles. The molecule has 2 fully saturated rings. The number of hydrogen-bond acceptors (Lipinski definition) is 7. The standard InChI is InChI=1S/C26H26F3N7O.C2H6/c1-13-8-17(27)4-7-19(13)22-23-25(32-15(3)14(2)31-23)34-26(33-22)35-11-20(37-21(12-35)24(28)29)16-9-30-36(10-16)18-5-6-18;1-2/h4,7-10,18,20-21,24H,5-6,11-12H2,1-3H3;1-2H3/t20-,21?;/m1./s1. The van der Waals surface area contributed by atoms with Crippen molar-refractivity contribution in [2.24, 2.45) is 0 Å². The second-order valence-electron chi connectivity index (χ2n) is 9.79. The summed E-state index contributed by atoms with van der Waals surface area (Å²) in [6.07, 6.45) is 1.05. The highest BCUT2D eigenvalue weighted by molar-refractivity contribution is 5.89. The zero-order valence-corrected chi connectivity index (χ0v) is 22.7. The van der Waals surface area contributed by atoms with Gasteiger partial charge in [-0.25, -0.2) is 28.1 Å². The van der Waals surface area contributed by atoms with Gasteiger partial charge in [-0.1, -0.05) is 13.8 Å². The van der Waals surface area contributed by atoms with Crippen LogP contribution in [-0.4, -0.2) is 55.3 Å². The second kappa shape index (κ2) is 10.9.